The highest BCUT2D eigenvalue weighted by atomic mass is 16.5. The molecule has 2 atom stereocenters. The molecule has 0 spiro atoms. The van der Waals surface area contributed by atoms with Crippen LogP contribution in [0, 0.1) is 0 Å². The zero-order chi connectivity index (χ0) is 11.8. The molecule has 0 aromatic carbocycles. The van der Waals surface area contributed by atoms with Gasteiger partial charge in [-0.3, -0.25) is 4.90 Å². The zero-order valence-corrected chi connectivity index (χ0v) is 10.2. The molecule has 5 nitrogen and oxygen atoms in total. The van der Waals surface area contributed by atoms with E-state index in [0.717, 1.165) is 19.7 Å². The molecule has 0 saturated carbocycles. The van der Waals surface area contributed by atoms with Crippen LogP contribution in [0.15, 0.2) is 0 Å². The van der Waals surface area contributed by atoms with Crippen molar-refractivity contribution in [3.05, 3.63) is 0 Å². The molecule has 96 valence electrons. The van der Waals surface area contributed by atoms with Crippen LogP contribution in [0.5, 0.6) is 0 Å². The number of β-amino-alcohol motifs (C(OH)–C–C–N with tert-alkyl or cyclic N) is 1. The first kappa shape index (κ1) is 13.9. The van der Waals surface area contributed by atoms with Gasteiger partial charge >= 0.3 is 0 Å². The third-order valence-electron chi connectivity index (χ3n) is 2.54. The summed E-state index contributed by atoms with van der Waals surface area (Å²) in [5, 5.41) is 9.74. The van der Waals surface area contributed by atoms with Gasteiger partial charge in [0, 0.05) is 26.7 Å². The Labute approximate surface area is 97.3 Å². The van der Waals surface area contributed by atoms with Gasteiger partial charge in [-0.1, -0.05) is 0 Å². The van der Waals surface area contributed by atoms with Crippen molar-refractivity contribution in [3.63, 3.8) is 0 Å². The van der Waals surface area contributed by atoms with Crippen molar-refractivity contribution >= 4 is 0 Å². The van der Waals surface area contributed by atoms with E-state index < -0.39 is 6.10 Å². The number of methoxy groups -OCH3 is 1. The summed E-state index contributed by atoms with van der Waals surface area (Å²) >= 11 is 0. The number of nitrogens with zero attached hydrogens (tertiary/aromatic N) is 1. The van der Waals surface area contributed by atoms with Gasteiger partial charge < -0.3 is 19.3 Å². The van der Waals surface area contributed by atoms with Crippen molar-refractivity contribution in [1.29, 1.82) is 0 Å². The van der Waals surface area contributed by atoms with E-state index >= 15 is 0 Å². The number of ether oxygens (including phenoxy) is 3. The Morgan fingerprint density at radius 1 is 1.50 bits per heavy atom. The van der Waals surface area contributed by atoms with E-state index in [0.29, 0.717) is 26.4 Å². The normalized spacial score (nSPS) is 24.6. The Balaban J connectivity index is 2.06. The quantitative estimate of drug-likeness (QED) is 0.614. The van der Waals surface area contributed by atoms with E-state index in [1.807, 2.05) is 6.92 Å². The van der Waals surface area contributed by atoms with Crippen LogP contribution in [0.1, 0.15) is 6.92 Å². The second kappa shape index (κ2) is 7.97. The summed E-state index contributed by atoms with van der Waals surface area (Å²) in [5.74, 6) is 0. The summed E-state index contributed by atoms with van der Waals surface area (Å²) in [6.07, 6.45) is -0.169. The molecule has 0 radical (unpaired) electrons. The van der Waals surface area contributed by atoms with Crippen molar-refractivity contribution in [2.45, 2.75) is 19.1 Å². The maximum absolute atomic E-state index is 9.74. The summed E-state index contributed by atoms with van der Waals surface area (Å²) in [5.41, 5.74) is 0. The predicted molar refractivity (Wildman–Crippen MR) is 60.6 cm³/mol. The van der Waals surface area contributed by atoms with Gasteiger partial charge in [-0.25, -0.2) is 0 Å². The molecule has 0 aromatic rings. The van der Waals surface area contributed by atoms with Gasteiger partial charge in [0.05, 0.1) is 38.6 Å². The van der Waals surface area contributed by atoms with E-state index in [4.69, 9.17) is 14.2 Å². The number of aliphatic hydroxyl groups is 1. The van der Waals surface area contributed by atoms with Gasteiger partial charge in [-0.2, -0.15) is 0 Å². The Hall–Kier alpha value is -0.200. The molecular formula is C11H23NO4. The third kappa shape index (κ3) is 5.77. The molecule has 1 N–H and O–H groups in total. The molecule has 5 heteroatoms. The highest BCUT2D eigenvalue weighted by Crippen LogP contribution is 2.05. The van der Waals surface area contributed by atoms with Gasteiger partial charge in [0.15, 0.2) is 0 Å². The van der Waals surface area contributed by atoms with Crippen LogP contribution >= 0.6 is 0 Å². The fraction of sp³-hybridized carbons (Fsp3) is 1.00. The van der Waals surface area contributed by atoms with Gasteiger partial charge in [0.25, 0.3) is 0 Å². The molecule has 0 amide bonds. The van der Waals surface area contributed by atoms with Gasteiger partial charge in [-0.05, 0) is 6.92 Å². The fourth-order valence-electron chi connectivity index (χ4n) is 1.77. The summed E-state index contributed by atoms with van der Waals surface area (Å²) < 4.78 is 15.6. The Kier molecular flexibility index (Phi) is 6.91. The SMILES string of the molecule is COCCOCC(O)CN1CCOC(C)C1. The average molecular weight is 233 g/mol. The second-order valence-electron chi connectivity index (χ2n) is 4.16. The standard InChI is InChI=1S/C11H23NO4/c1-10-7-12(3-4-16-10)8-11(13)9-15-6-5-14-2/h10-11,13H,3-9H2,1-2H3. The molecule has 2 unspecified atom stereocenters. The molecule has 1 fully saturated rings. The van der Waals surface area contributed by atoms with Crippen molar-refractivity contribution < 1.29 is 19.3 Å². The van der Waals surface area contributed by atoms with E-state index in [-0.39, 0.29) is 6.10 Å². The van der Waals surface area contributed by atoms with Crippen molar-refractivity contribution in [2.75, 3.05) is 53.2 Å². The van der Waals surface area contributed by atoms with Gasteiger partial charge in [0.1, 0.15) is 0 Å². The minimum Gasteiger partial charge on any atom is -0.389 e. The van der Waals surface area contributed by atoms with Gasteiger partial charge in [0.2, 0.25) is 0 Å². The highest BCUT2D eigenvalue weighted by Gasteiger charge is 2.19. The molecule has 1 aliphatic heterocycles. The first-order valence-electron chi connectivity index (χ1n) is 5.81. The minimum atomic E-state index is -0.429. The summed E-state index contributed by atoms with van der Waals surface area (Å²) in [7, 11) is 1.63. The number of hydrogen-bond donors (Lipinski definition) is 1. The summed E-state index contributed by atoms with van der Waals surface area (Å²) in [4.78, 5) is 2.21. The molecular weight excluding hydrogens is 210 g/mol. The first-order chi connectivity index (χ1) is 7.72. The lowest BCUT2D eigenvalue weighted by molar-refractivity contribution is -0.0468. The third-order valence-corrected chi connectivity index (χ3v) is 2.54. The van der Waals surface area contributed by atoms with Crippen LogP contribution in [-0.4, -0.2) is 75.4 Å². The van der Waals surface area contributed by atoms with Crippen LogP contribution in [0.4, 0.5) is 0 Å². The van der Waals surface area contributed by atoms with Crippen molar-refractivity contribution in [1.82, 2.24) is 4.90 Å². The zero-order valence-electron chi connectivity index (χ0n) is 10.2. The Morgan fingerprint density at radius 2 is 2.31 bits per heavy atom. The van der Waals surface area contributed by atoms with E-state index in [2.05, 4.69) is 4.90 Å². The maximum atomic E-state index is 9.74. The number of aliphatic hydroxyl groups excluding tert-OH is 1. The number of hydrogen-bond acceptors (Lipinski definition) is 5. The lowest BCUT2D eigenvalue weighted by Crippen LogP contribution is -2.45. The van der Waals surface area contributed by atoms with Crippen LogP contribution in [-0.2, 0) is 14.2 Å². The van der Waals surface area contributed by atoms with Crippen molar-refractivity contribution in [3.8, 4) is 0 Å². The van der Waals surface area contributed by atoms with Gasteiger partial charge in [-0.15, -0.1) is 0 Å². The molecule has 0 aliphatic carbocycles. The smallest absolute Gasteiger partial charge is 0.0900 e. The number of morpholine rings is 1. The molecule has 1 heterocycles. The fourth-order valence-corrected chi connectivity index (χ4v) is 1.77. The Bertz CT molecular complexity index is 179. The van der Waals surface area contributed by atoms with Crippen LogP contribution in [0.2, 0.25) is 0 Å². The molecule has 0 bridgehead atoms. The maximum Gasteiger partial charge on any atom is 0.0900 e. The minimum absolute atomic E-state index is 0.260. The molecule has 1 aliphatic rings. The lowest BCUT2D eigenvalue weighted by Gasteiger charge is -2.32. The van der Waals surface area contributed by atoms with Crippen LogP contribution < -0.4 is 0 Å². The number of rotatable bonds is 7. The van der Waals surface area contributed by atoms with E-state index in [1.165, 1.54) is 0 Å². The topological polar surface area (TPSA) is 51.2 Å². The van der Waals surface area contributed by atoms with Crippen LogP contribution in [0.25, 0.3) is 0 Å². The highest BCUT2D eigenvalue weighted by molar-refractivity contribution is 4.71. The molecule has 16 heavy (non-hydrogen) atoms. The first-order valence-corrected chi connectivity index (χ1v) is 5.81. The van der Waals surface area contributed by atoms with E-state index in [9.17, 15) is 5.11 Å². The van der Waals surface area contributed by atoms with Crippen molar-refractivity contribution in [2.24, 2.45) is 0 Å². The average Bonchev–Trinajstić information content (AvgIpc) is 2.24. The van der Waals surface area contributed by atoms with E-state index in [1.54, 1.807) is 7.11 Å². The lowest BCUT2D eigenvalue weighted by atomic mass is 10.2. The summed E-state index contributed by atoms with van der Waals surface area (Å²) in [6.45, 7) is 6.70. The monoisotopic (exact) mass is 233 g/mol. The molecule has 1 rings (SSSR count). The second-order valence-corrected chi connectivity index (χ2v) is 4.16. The predicted octanol–water partition coefficient (Wildman–Crippen LogP) is -0.269. The Morgan fingerprint density at radius 3 is 3.00 bits per heavy atom. The molecule has 1 saturated heterocycles. The summed E-state index contributed by atoms with van der Waals surface area (Å²) in [6, 6.07) is 0. The molecule has 0 aromatic heterocycles. The largest absolute Gasteiger partial charge is 0.389 e. The van der Waals surface area contributed by atoms with Crippen LogP contribution in [0.3, 0.4) is 0 Å².